The van der Waals surface area contributed by atoms with Gasteiger partial charge in [-0.3, -0.25) is 4.90 Å². The van der Waals surface area contributed by atoms with Gasteiger partial charge < -0.3 is 14.8 Å². The summed E-state index contributed by atoms with van der Waals surface area (Å²) in [5, 5.41) is 14.2. The van der Waals surface area contributed by atoms with E-state index in [1.807, 2.05) is 24.3 Å². The fourth-order valence-electron chi connectivity index (χ4n) is 4.03. The van der Waals surface area contributed by atoms with Crippen molar-refractivity contribution in [1.29, 1.82) is 0 Å². The second-order valence-corrected chi connectivity index (χ2v) is 7.63. The van der Waals surface area contributed by atoms with Crippen LogP contribution in [0.5, 0.6) is 0 Å². The van der Waals surface area contributed by atoms with Crippen molar-refractivity contribution in [3.63, 3.8) is 0 Å². The average Bonchev–Trinajstić information content (AvgIpc) is 3.14. The number of anilines is 1. The van der Waals surface area contributed by atoms with Gasteiger partial charge in [-0.2, -0.15) is 0 Å². The van der Waals surface area contributed by atoms with Crippen molar-refractivity contribution in [3.05, 3.63) is 66.0 Å². The molecular weight excluding hydrogens is 364 g/mol. The molecule has 0 amide bonds. The first-order chi connectivity index (χ1) is 14.3. The number of piperidine rings is 1. The van der Waals surface area contributed by atoms with Crippen molar-refractivity contribution >= 4 is 27.9 Å². The molecule has 0 aliphatic carbocycles. The number of furan rings is 1. The van der Waals surface area contributed by atoms with E-state index in [-0.39, 0.29) is 6.10 Å². The van der Waals surface area contributed by atoms with Crippen LogP contribution in [-0.2, 0) is 13.1 Å². The summed E-state index contributed by atoms with van der Waals surface area (Å²) in [6.45, 7) is 3.44. The van der Waals surface area contributed by atoms with Gasteiger partial charge in [0.1, 0.15) is 17.4 Å². The molecule has 2 N–H and O–H groups in total. The molecule has 0 radical (unpaired) electrons. The largest absolute Gasteiger partial charge is 0.450 e. The highest BCUT2D eigenvalue weighted by Gasteiger charge is 2.18. The lowest BCUT2D eigenvalue weighted by Gasteiger charge is -2.30. The second-order valence-electron chi connectivity index (χ2n) is 7.63. The highest BCUT2D eigenvalue weighted by Crippen LogP contribution is 2.30. The quantitative estimate of drug-likeness (QED) is 0.539. The SMILES string of the molecule is OC1CCN(Cc2ccccc2CNc2ncnc3c2oc2ccccc23)CC1. The lowest BCUT2D eigenvalue weighted by Crippen LogP contribution is -2.35. The Balaban J connectivity index is 1.37. The van der Waals surface area contributed by atoms with Crippen LogP contribution in [0.1, 0.15) is 24.0 Å². The maximum atomic E-state index is 9.74. The van der Waals surface area contributed by atoms with E-state index < -0.39 is 0 Å². The van der Waals surface area contributed by atoms with E-state index in [9.17, 15) is 5.11 Å². The summed E-state index contributed by atoms with van der Waals surface area (Å²) in [6, 6.07) is 16.4. The summed E-state index contributed by atoms with van der Waals surface area (Å²) in [5.41, 5.74) is 4.88. The molecular formula is C23H24N4O2. The summed E-state index contributed by atoms with van der Waals surface area (Å²) < 4.78 is 6.01. The molecule has 148 valence electrons. The van der Waals surface area contributed by atoms with Crippen LogP contribution in [0, 0.1) is 0 Å². The molecule has 6 nitrogen and oxygen atoms in total. The highest BCUT2D eigenvalue weighted by molar-refractivity contribution is 6.05. The molecule has 1 saturated heterocycles. The number of aliphatic hydroxyl groups is 1. The first-order valence-corrected chi connectivity index (χ1v) is 10.1. The van der Waals surface area contributed by atoms with Crippen molar-refractivity contribution in [2.75, 3.05) is 18.4 Å². The van der Waals surface area contributed by atoms with Gasteiger partial charge in [-0.1, -0.05) is 36.4 Å². The summed E-state index contributed by atoms with van der Waals surface area (Å²) in [5.74, 6) is 0.710. The first kappa shape index (κ1) is 18.1. The number of hydrogen-bond acceptors (Lipinski definition) is 6. The summed E-state index contributed by atoms with van der Waals surface area (Å²) in [6.07, 6.45) is 3.14. The number of hydrogen-bond donors (Lipinski definition) is 2. The second kappa shape index (κ2) is 7.81. The van der Waals surface area contributed by atoms with Crippen molar-refractivity contribution in [1.82, 2.24) is 14.9 Å². The number of likely N-dealkylation sites (tertiary alicyclic amines) is 1. The van der Waals surface area contributed by atoms with Crippen LogP contribution >= 0.6 is 0 Å². The predicted octanol–water partition coefficient (Wildman–Crippen LogP) is 3.94. The molecule has 3 heterocycles. The molecule has 1 fully saturated rings. The van der Waals surface area contributed by atoms with Crippen LogP contribution in [0.4, 0.5) is 5.82 Å². The van der Waals surface area contributed by atoms with Crippen LogP contribution in [0.3, 0.4) is 0 Å². The van der Waals surface area contributed by atoms with Gasteiger partial charge in [0.15, 0.2) is 11.4 Å². The Hall–Kier alpha value is -2.96. The van der Waals surface area contributed by atoms with E-state index in [4.69, 9.17) is 4.42 Å². The van der Waals surface area contributed by atoms with Crippen molar-refractivity contribution in [2.24, 2.45) is 0 Å². The normalized spacial score (nSPS) is 15.9. The maximum Gasteiger partial charge on any atom is 0.196 e. The zero-order valence-corrected chi connectivity index (χ0v) is 16.2. The molecule has 1 aliphatic rings. The molecule has 0 unspecified atom stereocenters. The van der Waals surface area contributed by atoms with Crippen LogP contribution in [0.15, 0.2) is 59.3 Å². The minimum atomic E-state index is -0.146. The number of aliphatic hydroxyl groups excluding tert-OH is 1. The standard InChI is InChI=1S/C23H24N4O2/c28-18-9-11-27(12-10-18)14-17-6-2-1-5-16(17)13-24-23-22-21(25-15-26-23)19-7-3-4-8-20(19)29-22/h1-8,15,18,28H,9-14H2,(H,24,25,26). The number of fused-ring (bicyclic) bond motifs is 3. The minimum Gasteiger partial charge on any atom is -0.450 e. The molecule has 5 rings (SSSR count). The Bertz CT molecular complexity index is 1130. The fourth-order valence-corrected chi connectivity index (χ4v) is 4.03. The predicted molar refractivity (Wildman–Crippen MR) is 114 cm³/mol. The van der Waals surface area contributed by atoms with E-state index in [0.29, 0.717) is 17.9 Å². The molecule has 2 aromatic carbocycles. The third-order valence-electron chi connectivity index (χ3n) is 5.67. The Morgan fingerprint density at radius 1 is 1.00 bits per heavy atom. The van der Waals surface area contributed by atoms with Gasteiger partial charge in [0.25, 0.3) is 0 Å². The fraction of sp³-hybridized carbons (Fsp3) is 0.304. The summed E-state index contributed by atoms with van der Waals surface area (Å²) in [7, 11) is 0. The van der Waals surface area contributed by atoms with E-state index in [1.165, 1.54) is 11.1 Å². The molecule has 0 atom stereocenters. The number of aromatic nitrogens is 2. The van der Waals surface area contributed by atoms with Crippen molar-refractivity contribution in [2.45, 2.75) is 32.0 Å². The van der Waals surface area contributed by atoms with Gasteiger partial charge in [0.2, 0.25) is 0 Å². The van der Waals surface area contributed by atoms with Gasteiger partial charge in [-0.05, 0) is 36.1 Å². The van der Waals surface area contributed by atoms with Gasteiger partial charge in [0, 0.05) is 31.6 Å². The lowest BCUT2D eigenvalue weighted by atomic mass is 10.0. The van der Waals surface area contributed by atoms with Gasteiger partial charge >= 0.3 is 0 Å². The van der Waals surface area contributed by atoms with Crippen LogP contribution in [-0.4, -0.2) is 39.2 Å². The van der Waals surface area contributed by atoms with E-state index in [2.05, 4.69) is 44.5 Å². The molecule has 1 aliphatic heterocycles. The van der Waals surface area contributed by atoms with Crippen LogP contribution < -0.4 is 5.32 Å². The molecule has 2 aromatic heterocycles. The maximum absolute atomic E-state index is 9.74. The molecule has 6 heteroatoms. The summed E-state index contributed by atoms with van der Waals surface area (Å²) >= 11 is 0. The number of nitrogens with one attached hydrogen (secondary N) is 1. The van der Waals surface area contributed by atoms with E-state index in [1.54, 1.807) is 6.33 Å². The Labute approximate surface area is 169 Å². The number of nitrogens with zero attached hydrogens (tertiary/aromatic N) is 3. The molecule has 0 saturated carbocycles. The third-order valence-corrected chi connectivity index (χ3v) is 5.67. The minimum absolute atomic E-state index is 0.146. The number of rotatable bonds is 5. The number of para-hydroxylation sites is 1. The number of benzene rings is 2. The van der Waals surface area contributed by atoms with Gasteiger partial charge in [-0.25, -0.2) is 9.97 Å². The Morgan fingerprint density at radius 2 is 1.76 bits per heavy atom. The average molecular weight is 388 g/mol. The van der Waals surface area contributed by atoms with Crippen molar-refractivity contribution in [3.8, 4) is 0 Å². The smallest absolute Gasteiger partial charge is 0.196 e. The van der Waals surface area contributed by atoms with Crippen LogP contribution in [0.2, 0.25) is 0 Å². The topological polar surface area (TPSA) is 74.4 Å². The first-order valence-electron chi connectivity index (χ1n) is 10.1. The Kier molecular flexibility index (Phi) is 4.87. The lowest BCUT2D eigenvalue weighted by molar-refractivity contribution is 0.0791. The van der Waals surface area contributed by atoms with Gasteiger partial charge in [0.05, 0.1) is 6.10 Å². The Morgan fingerprint density at radius 3 is 2.62 bits per heavy atom. The molecule has 0 bridgehead atoms. The van der Waals surface area contributed by atoms with E-state index >= 15 is 0 Å². The highest BCUT2D eigenvalue weighted by atomic mass is 16.3. The van der Waals surface area contributed by atoms with Crippen molar-refractivity contribution < 1.29 is 9.52 Å². The molecule has 0 spiro atoms. The van der Waals surface area contributed by atoms with Crippen LogP contribution in [0.25, 0.3) is 22.1 Å². The van der Waals surface area contributed by atoms with Gasteiger partial charge in [-0.15, -0.1) is 0 Å². The molecule has 29 heavy (non-hydrogen) atoms. The molecule has 4 aromatic rings. The monoisotopic (exact) mass is 388 g/mol. The van der Waals surface area contributed by atoms with E-state index in [0.717, 1.165) is 49.0 Å². The zero-order chi connectivity index (χ0) is 19.6. The zero-order valence-electron chi connectivity index (χ0n) is 16.2. The summed E-state index contributed by atoms with van der Waals surface area (Å²) in [4.78, 5) is 11.2. The third kappa shape index (κ3) is 3.69.